The average Bonchev–Trinajstić information content (AvgIpc) is 3.32. The number of hydrogen-bond donors (Lipinski definition) is 1. The molecule has 0 aromatic heterocycles. The third-order valence-corrected chi connectivity index (χ3v) is 6.75. The summed E-state index contributed by atoms with van der Waals surface area (Å²) >= 11 is 0. The van der Waals surface area contributed by atoms with Gasteiger partial charge in [0.2, 0.25) is 0 Å². The summed E-state index contributed by atoms with van der Waals surface area (Å²) in [5.41, 5.74) is 0.942. The summed E-state index contributed by atoms with van der Waals surface area (Å²) in [5, 5.41) is 2.97. The normalized spacial score (nSPS) is 28.3. The Bertz CT molecular complexity index is 700. The summed E-state index contributed by atoms with van der Waals surface area (Å²) < 4.78 is 13.1. The number of amides is 2. The van der Waals surface area contributed by atoms with Crippen LogP contribution in [0.25, 0.3) is 0 Å². The smallest absolute Gasteiger partial charge is 0.312 e. The lowest BCUT2D eigenvalue weighted by atomic mass is 9.84. The minimum absolute atomic E-state index is 0.0669. The molecule has 146 valence electrons. The molecule has 0 spiro atoms. The highest BCUT2D eigenvalue weighted by molar-refractivity contribution is 6.35. The van der Waals surface area contributed by atoms with Gasteiger partial charge in [-0.2, -0.15) is 0 Å². The Kier molecular flexibility index (Phi) is 5.06. The number of rotatable bonds is 3. The first kappa shape index (κ1) is 18.3. The first-order valence-corrected chi connectivity index (χ1v) is 10.1. The topological polar surface area (TPSA) is 52.7 Å². The van der Waals surface area contributed by atoms with Gasteiger partial charge in [0, 0.05) is 37.9 Å². The zero-order valence-electron chi connectivity index (χ0n) is 15.9. The second-order valence-corrected chi connectivity index (χ2v) is 8.36. The number of hydrogen-bond acceptors (Lipinski definition) is 3. The number of piperazine rings is 1. The summed E-state index contributed by atoms with van der Waals surface area (Å²) in [6.45, 7) is 4.35. The number of nitrogens with zero attached hydrogens (tertiary/aromatic N) is 2. The first-order valence-electron chi connectivity index (χ1n) is 10.1. The minimum Gasteiger partial charge on any atom is -0.368 e. The van der Waals surface area contributed by atoms with E-state index in [-0.39, 0.29) is 11.9 Å². The Morgan fingerprint density at radius 3 is 2.37 bits per heavy atom. The highest BCUT2D eigenvalue weighted by Crippen LogP contribution is 2.49. The molecule has 2 amide bonds. The molecule has 1 N–H and O–H groups in total. The van der Waals surface area contributed by atoms with Gasteiger partial charge in [-0.25, -0.2) is 4.39 Å². The maximum absolute atomic E-state index is 13.1. The van der Waals surface area contributed by atoms with Crippen molar-refractivity contribution in [3.05, 3.63) is 30.1 Å². The molecule has 0 radical (unpaired) electrons. The monoisotopic (exact) mass is 373 g/mol. The SMILES string of the molecule is CC(NC(=O)C(=O)N1CCN(c2ccc(F)cc2)CC1)C1CC2CCC1C2. The van der Waals surface area contributed by atoms with Crippen molar-refractivity contribution in [1.82, 2.24) is 10.2 Å². The van der Waals surface area contributed by atoms with Crippen LogP contribution in [0.15, 0.2) is 24.3 Å². The predicted octanol–water partition coefficient (Wildman–Crippen LogP) is 2.42. The largest absolute Gasteiger partial charge is 0.368 e. The van der Waals surface area contributed by atoms with Gasteiger partial charge in [0.05, 0.1) is 0 Å². The molecule has 1 aromatic carbocycles. The summed E-state index contributed by atoms with van der Waals surface area (Å²) in [7, 11) is 0. The molecule has 5 nitrogen and oxygen atoms in total. The van der Waals surface area contributed by atoms with E-state index >= 15 is 0 Å². The van der Waals surface area contributed by atoms with E-state index in [1.165, 1.54) is 37.8 Å². The predicted molar refractivity (Wildman–Crippen MR) is 102 cm³/mol. The van der Waals surface area contributed by atoms with Gasteiger partial charge in [-0.1, -0.05) is 6.42 Å². The number of carbonyl (C=O) groups is 2. The molecule has 1 saturated heterocycles. The molecule has 4 atom stereocenters. The third kappa shape index (κ3) is 3.80. The van der Waals surface area contributed by atoms with Crippen LogP contribution in [0.1, 0.15) is 32.6 Å². The lowest BCUT2D eigenvalue weighted by molar-refractivity contribution is -0.146. The molecule has 2 bridgehead atoms. The summed E-state index contributed by atoms with van der Waals surface area (Å²) in [6.07, 6.45) is 5.09. The van der Waals surface area contributed by atoms with Gasteiger partial charge < -0.3 is 15.1 Å². The summed E-state index contributed by atoms with van der Waals surface area (Å²) in [6, 6.07) is 6.44. The molecule has 3 fully saturated rings. The molecular weight excluding hydrogens is 345 g/mol. The van der Waals surface area contributed by atoms with Gasteiger partial charge >= 0.3 is 11.8 Å². The number of fused-ring (bicyclic) bond motifs is 2. The van der Waals surface area contributed by atoms with E-state index in [0.29, 0.717) is 32.1 Å². The molecule has 4 rings (SSSR count). The van der Waals surface area contributed by atoms with Crippen LogP contribution in [0.4, 0.5) is 10.1 Å². The zero-order chi connectivity index (χ0) is 19.0. The molecule has 1 aliphatic heterocycles. The Hall–Kier alpha value is -2.11. The van der Waals surface area contributed by atoms with Crippen molar-refractivity contribution < 1.29 is 14.0 Å². The van der Waals surface area contributed by atoms with Crippen LogP contribution in [0.2, 0.25) is 0 Å². The molecule has 27 heavy (non-hydrogen) atoms. The minimum atomic E-state index is -0.472. The Morgan fingerprint density at radius 2 is 1.78 bits per heavy atom. The second kappa shape index (κ2) is 7.49. The Morgan fingerprint density at radius 1 is 1.07 bits per heavy atom. The fourth-order valence-corrected chi connectivity index (χ4v) is 5.25. The van der Waals surface area contributed by atoms with Crippen LogP contribution < -0.4 is 10.2 Å². The van der Waals surface area contributed by atoms with Crippen LogP contribution in [-0.4, -0.2) is 48.9 Å². The van der Waals surface area contributed by atoms with Crippen molar-refractivity contribution in [1.29, 1.82) is 0 Å². The maximum Gasteiger partial charge on any atom is 0.312 e. The highest BCUT2D eigenvalue weighted by atomic mass is 19.1. The number of halogens is 1. The number of nitrogens with one attached hydrogen (secondary N) is 1. The van der Waals surface area contributed by atoms with Crippen LogP contribution in [0, 0.1) is 23.6 Å². The fourth-order valence-electron chi connectivity index (χ4n) is 5.25. The van der Waals surface area contributed by atoms with Crippen LogP contribution in [0.5, 0.6) is 0 Å². The first-order chi connectivity index (χ1) is 13.0. The molecule has 1 aromatic rings. The van der Waals surface area contributed by atoms with Gasteiger partial charge in [-0.05, 0) is 68.2 Å². The molecule has 4 unspecified atom stereocenters. The van der Waals surface area contributed by atoms with Crippen molar-refractivity contribution in [2.75, 3.05) is 31.1 Å². The number of anilines is 1. The van der Waals surface area contributed by atoms with Gasteiger partial charge in [0.25, 0.3) is 0 Å². The quantitative estimate of drug-likeness (QED) is 0.828. The van der Waals surface area contributed by atoms with Crippen LogP contribution >= 0.6 is 0 Å². The fraction of sp³-hybridized carbons (Fsp3) is 0.619. The number of carbonyl (C=O) groups excluding carboxylic acids is 2. The summed E-state index contributed by atoms with van der Waals surface area (Å²) in [4.78, 5) is 28.7. The highest BCUT2D eigenvalue weighted by Gasteiger charge is 2.42. The standard InChI is InChI=1S/C21H28FN3O2/c1-14(19-13-15-2-3-16(19)12-15)23-20(26)21(27)25-10-8-24(9-11-25)18-6-4-17(22)5-7-18/h4-7,14-16,19H,2-3,8-13H2,1H3,(H,23,26). The number of benzene rings is 1. The van der Waals surface area contributed by atoms with Crippen molar-refractivity contribution in [2.45, 2.75) is 38.6 Å². The molecule has 3 aliphatic rings. The van der Waals surface area contributed by atoms with E-state index in [9.17, 15) is 14.0 Å². The van der Waals surface area contributed by atoms with E-state index in [2.05, 4.69) is 10.2 Å². The Balaban J connectivity index is 1.27. The van der Waals surface area contributed by atoms with E-state index in [1.54, 1.807) is 17.0 Å². The van der Waals surface area contributed by atoms with Crippen molar-refractivity contribution in [3.8, 4) is 0 Å². The molecule has 2 aliphatic carbocycles. The lowest BCUT2D eigenvalue weighted by Crippen LogP contribution is -2.54. The van der Waals surface area contributed by atoms with Gasteiger partial charge in [0.1, 0.15) is 5.82 Å². The van der Waals surface area contributed by atoms with Crippen molar-refractivity contribution >= 4 is 17.5 Å². The van der Waals surface area contributed by atoms with Gasteiger partial charge in [-0.3, -0.25) is 9.59 Å². The van der Waals surface area contributed by atoms with E-state index in [0.717, 1.165) is 17.5 Å². The van der Waals surface area contributed by atoms with Crippen LogP contribution in [-0.2, 0) is 9.59 Å². The molecule has 1 heterocycles. The van der Waals surface area contributed by atoms with Gasteiger partial charge in [-0.15, -0.1) is 0 Å². The molecule has 6 heteroatoms. The zero-order valence-corrected chi connectivity index (χ0v) is 15.9. The summed E-state index contributed by atoms with van der Waals surface area (Å²) in [5.74, 6) is 0.920. The second-order valence-electron chi connectivity index (χ2n) is 8.36. The van der Waals surface area contributed by atoms with Crippen LogP contribution in [0.3, 0.4) is 0 Å². The molecular formula is C21H28FN3O2. The Labute approximate surface area is 159 Å². The van der Waals surface area contributed by atoms with E-state index in [1.807, 2.05) is 6.92 Å². The van der Waals surface area contributed by atoms with Crippen molar-refractivity contribution in [3.63, 3.8) is 0 Å². The van der Waals surface area contributed by atoms with E-state index < -0.39 is 11.8 Å². The third-order valence-electron chi connectivity index (χ3n) is 6.75. The van der Waals surface area contributed by atoms with Gasteiger partial charge in [0.15, 0.2) is 0 Å². The average molecular weight is 373 g/mol. The maximum atomic E-state index is 13.1. The van der Waals surface area contributed by atoms with E-state index in [4.69, 9.17) is 0 Å². The molecule has 2 saturated carbocycles. The van der Waals surface area contributed by atoms with Crippen molar-refractivity contribution in [2.24, 2.45) is 17.8 Å². The lowest BCUT2D eigenvalue weighted by Gasteiger charge is -2.36.